The summed E-state index contributed by atoms with van der Waals surface area (Å²) in [4.78, 5) is 6.75. The summed E-state index contributed by atoms with van der Waals surface area (Å²) in [6.07, 6.45) is 1.17. The number of aliphatic imine (C=N–C) groups is 1. The highest BCUT2D eigenvalue weighted by Crippen LogP contribution is 2.21. The second-order valence-electron chi connectivity index (χ2n) is 7.10. The Morgan fingerprint density at radius 2 is 1.96 bits per heavy atom. The fraction of sp³-hybridized carbons (Fsp3) is 0.632. The summed E-state index contributed by atoms with van der Waals surface area (Å²) in [7, 11) is -1.47. The smallest absolute Gasteiger partial charge is 0.216 e. The van der Waals surface area contributed by atoms with Crippen molar-refractivity contribution >= 4 is 27.7 Å². The Labute approximate surface area is 168 Å². The maximum atomic E-state index is 12.0. The maximum Gasteiger partial charge on any atom is 0.216 e. The van der Waals surface area contributed by atoms with Crippen molar-refractivity contribution in [1.29, 1.82) is 0 Å². The topological polar surface area (TPSA) is 73.8 Å². The molecule has 1 fully saturated rings. The molecule has 1 unspecified atom stereocenters. The molecule has 27 heavy (non-hydrogen) atoms. The highest BCUT2D eigenvalue weighted by Gasteiger charge is 2.21. The number of nitrogens with zero attached hydrogens (tertiary/aromatic N) is 2. The fourth-order valence-electron chi connectivity index (χ4n) is 3.05. The first kappa shape index (κ1) is 22.0. The van der Waals surface area contributed by atoms with E-state index < -0.39 is 10.0 Å². The van der Waals surface area contributed by atoms with Gasteiger partial charge in [0.05, 0.1) is 5.75 Å². The van der Waals surface area contributed by atoms with Gasteiger partial charge in [-0.05, 0) is 31.4 Å². The van der Waals surface area contributed by atoms with Crippen LogP contribution in [-0.2, 0) is 22.3 Å². The zero-order valence-corrected chi connectivity index (χ0v) is 18.4. The molecule has 0 amide bonds. The summed E-state index contributed by atoms with van der Waals surface area (Å²) >= 11 is 2.04. The van der Waals surface area contributed by atoms with E-state index in [0.29, 0.717) is 11.8 Å². The standard InChI is InChI=1S/C19H32N4O2S2/c1-5-18-13-23(10-11-26-18)19(20-4)21-12-16-6-8-17(9-7-16)14-27(24,25)22-15(2)3/h6-9,15,18,22H,5,10-14H2,1-4H3,(H,20,21). The Morgan fingerprint density at radius 1 is 1.30 bits per heavy atom. The zero-order valence-electron chi connectivity index (χ0n) is 16.7. The van der Waals surface area contributed by atoms with Crippen LogP contribution in [0.2, 0.25) is 0 Å². The molecule has 2 rings (SSSR count). The highest BCUT2D eigenvalue weighted by molar-refractivity contribution is 8.00. The van der Waals surface area contributed by atoms with Gasteiger partial charge in [-0.25, -0.2) is 13.1 Å². The van der Waals surface area contributed by atoms with E-state index in [0.717, 1.165) is 35.9 Å². The van der Waals surface area contributed by atoms with Gasteiger partial charge in [-0.15, -0.1) is 0 Å². The van der Waals surface area contributed by atoms with Crippen LogP contribution in [0.15, 0.2) is 29.3 Å². The van der Waals surface area contributed by atoms with Gasteiger partial charge in [0.2, 0.25) is 10.0 Å². The number of hydrogen-bond acceptors (Lipinski definition) is 4. The number of thioether (sulfide) groups is 1. The lowest BCUT2D eigenvalue weighted by atomic mass is 10.1. The third kappa shape index (κ3) is 7.35. The maximum absolute atomic E-state index is 12.0. The van der Waals surface area contributed by atoms with Crippen LogP contribution in [0.3, 0.4) is 0 Å². The molecule has 2 N–H and O–H groups in total. The Morgan fingerprint density at radius 3 is 2.56 bits per heavy atom. The molecule has 8 heteroatoms. The van der Waals surface area contributed by atoms with Crippen molar-refractivity contribution in [2.24, 2.45) is 4.99 Å². The van der Waals surface area contributed by atoms with Crippen LogP contribution in [-0.4, -0.2) is 56.5 Å². The summed E-state index contributed by atoms with van der Waals surface area (Å²) in [5.41, 5.74) is 1.89. The molecule has 0 spiro atoms. The minimum Gasteiger partial charge on any atom is -0.352 e. The van der Waals surface area contributed by atoms with E-state index in [1.165, 1.54) is 6.42 Å². The fourth-order valence-corrected chi connectivity index (χ4v) is 5.66. The van der Waals surface area contributed by atoms with Crippen molar-refractivity contribution in [2.45, 2.75) is 50.8 Å². The van der Waals surface area contributed by atoms with E-state index in [-0.39, 0.29) is 11.8 Å². The molecule has 0 saturated carbocycles. The van der Waals surface area contributed by atoms with Crippen LogP contribution < -0.4 is 10.0 Å². The first-order valence-electron chi connectivity index (χ1n) is 9.48. The van der Waals surface area contributed by atoms with Gasteiger partial charge in [0.1, 0.15) is 0 Å². The van der Waals surface area contributed by atoms with Crippen LogP contribution in [0.4, 0.5) is 0 Å². The Kier molecular flexibility index (Phi) is 8.44. The third-order valence-electron chi connectivity index (χ3n) is 4.35. The van der Waals surface area contributed by atoms with Crippen LogP contribution in [0.1, 0.15) is 38.3 Å². The number of benzene rings is 1. The van der Waals surface area contributed by atoms with Crippen molar-refractivity contribution in [3.8, 4) is 0 Å². The number of guanidine groups is 1. The molecule has 0 radical (unpaired) electrons. The molecule has 1 atom stereocenters. The molecule has 1 aromatic carbocycles. The second-order valence-corrected chi connectivity index (χ2v) is 10.3. The van der Waals surface area contributed by atoms with Crippen LogP contribution in [0, 0.1) is 0 Å². The van der Waals surface area contributed by atoms with Gasteiger partial charge in [-0.2, -0.15) is 11.8 Å². The van der Waals surface area contributed by atoms with Crippen LogP contribution in [0.25, 0.3) is 0 Å². The van der Waals surface area contributed by atoms with Gasteiger partial charge in [0.25, 0.3) is 0 Å². The molecule has 1 aliphatic rings. The van der Waals surface area contributed by atoms with Crippen molar-refractivity contribution in [3.63, 3.8) is 0 Å². The normalized spacial score (nSPS) is 18.8. The van der Waals surface area contributed by atoms with E-state index in [1.807, 2.05) is 56.9 Å². The Hall–Kier alpha value is -1.25. The number of sulfonamides is 1. The number of nitrogens with one attached hydrogen (secondary N) is 2. The van der Waals surface area contributed by atoms with E-state index >= 15 is 0 Å². The third-order valence-corrected chi connectivity index (χ3v) is 7.27. The molecule has 152 valence electrons. The van der Waals surface area contributed by atoms with Crippen LogP contribution >= 0.6 is 11.8 Å². The van der Waals surface area contributed by atoms with Gasteiger partial charge in [-0.3, -0.25) is 4.99 Å². The average molecular weight is 413 g/mol. The highest BCUT2D eigenvalue weighted by atomic mass is 32.2. The molecule has 1 heterocycles. The lowest BCUT2D eigenvalue weighted by molar-refractivity contribution is 0.408. The quantitative estimate of drug-likeness (QED) is 0.531. The minimum atomic E-state index is -3.29. The van der Waals surface area contributed by atoms with Gasteiger partial charge >= 0.3 is 0 Å². The molecular weight excluding hydrogens is 380 g/mol. The van der Waals surface area contributed by atoms with Gasteiger partial charge in [0.15, 0.2) is 5.96 Å². The van der Waals surface area contributed by atoms with E-state index in [9.17, 15) is 8.42 Å². The van der Waals surface area contributed by atoms with E-state index in [1.54, 1.807) is 0 Å². The Balaban J connectivity index is 1.90. The largest absolute Gasteiger partial charge is 0.352 e. The van der Waals surface area contributed by atoms with Crippen molar-refractivity contribution in [2.75, 3.05) is 25.9 Å². The summed E-state index contributed by atoms with van der Waals surface area (Å²) in [6, 6.07) is 7.61. The molecule has 1 aromatic rings. The van der Waals surface area contributed by atoms with Crippen molar-refractivity contribution < 1.29 is 8.42 Å². The molecule has 0 bridgehead atoms. The Bertz CT molecular complexity index is 718. The van der Waals surface area contributed by atoms with Gasteiger partial charge < -0.3 is 10.2 Å². The summed E-state index contributed by atoms with van der Waals surface area (Å²) in [6.45, 7) is 8.59. The first-order chi connectivity index (χ1) is 12.8. The second kappa shape index (κ2) is 10.3. The summed E-state index contributed by atoms with van der Waals surface area (Å²) < 4.78 is 26.7. The van der Waals surface area contributed by atoms with Crippen molar-refractivity contribution in [3.05, 3.63) is 35.4 Å². The zero-order chi connectivity index (χ0) is 19.9. The molecule has 6 nitrogen and oxygen atoms in total. The SMILES string of the molecule is CCC1CN(C(=NC)NCc2ccc(CS(=O)(=O)NC(C)C)cc2)CCS1. The van der Waals surface area contributed by atoms with Gasteiger partial charge in [-0.1, -0.05) is 31.2 Å². The molecule has 1 saturated heterocycles. The molecule has 0 aromatic heterocycles. The number of rotatable bonds is 7. The van der Waals surface area contributed by atoms with Crippen LogP contribution in [0.5, 0.6) is 0 Å². The molecule has 1 aliphatic heterocycles. The van der Waals surface area contributed by atoms with E-state index in [2.05, 4.69) is 26.9 Å². The van der Waals surface area contributed by atoms with E-state index in [4.69, 9.17) is 0 Å². The lowest BCUT2D eigenvalue weighted by Gasteiger charge is -2.34. The molecular formula is C19H32N4O2S2. The predicted octanol–water partition coefficient (Wildman–Crippen LogP) is 2.42. The monoisotopic (exact) mass is 412 g/mol. The first-order valence-corrected chi connectivity index (χ1v) is 12.2. The van der Waals surface area contributed by atoms with Gasteiger partial charge in [0, 0.05) is 43.7 Å². The molecule has 0 aliphatic carbocycles. The summed E-state index contributed by atoms with van der Waals surface area (Å²) in [5.74, 6) is 2.07. The predicted molar refractivity (Wildman–Crippen MR) is 116 cm³/mol. The summed E-state index contributed by atoms with van der Waals surface area (Å²) in [5, 5.41) is 4.09. The lowest BCUT2D eigenvalue weighted by Crippen LogP contribution is -2.47. The minimum absolute atomic E-state index is 0.00437. The number of hydrogen-bond donors (Lipinski definition) is 2. The van der Waals surface area contributed by atoms with Crippen molar-refractivity contribution in [1.82, 2.24) is 14.9 Å². The average Bonchev–Trinajstić information content (AvgIpc) is 2.62.